The van der Waals surface area contributed by atoms with Gasteiger partial charge in [0.15, 0.2) is 0 Å². The zero-order valence-electron chi connectivity index (χ0n) is 10.9. The highest BCUT2D eigenvalue weighted by molar-refractivity contribution is 9.10. The first-order chi connectivity index (χ1) is 8.26. The van der Waals surface area contributed by atoms with Crippen molar-refractivity contribution in [2.24, 2.45) is 0 Å². The van der Waals surface area contributed by atoms with Crippen molar-refractivity contribution in [1.29, 1.82) is 0 Å². The molecular formula is C14H23BrN2. The van der Waals surface area contributed by atoms with Crippen molar-refractivity contribution in [2.45, 2.75) is 26.8 Å². The number of nitrogens with zero attached hydrogens (tertiary/aromatic N) is 1. The fourth-order valence-electron chi connectivity index (χ4n) is 1.85. The summed E-state index contributed by atoms with van der Waals surface area (Å²) in [6.07, 6.45) is 1.22. The van der Waals surface area contributed by atoms with E-state index in [2.05, 4.69) is 64.3 Å². The topological polar surface area (TPSA) is 15.3 Å². The van der Waals surface area contributed by atoms with Gasteiger partial charge in [-0.2, -0.15) is 0 Å². The molecule has 1 rings (SSSR count). The van der Waals surface area contributed by atoms with E-state index in [1.807, 2.05) is 0 Å². The Kier molecular flexibility index (Phi) is 7.49. The SMILES string of the molecule is CCN(CC)CCCNCc1cccc(Br)c1. The largest absolute Gasteiger partial charge is 0.313 e. The average Bonchev–Trinajstić information content (AvgIpc) is 2.34. The molecule has 96 valence electrons. The fraction of sp³-hybridized carbons (Fsp3) is 0.571. The van der Waals surface area contributed by atoms with Gasteiger partial charge in [-0.15, -0.1) is 0 Å². The molecule has 0 saturated carbocycles. The van der Waals surface area contributed by atoms with Crippen molar-refractivity contribution in [3.05, 3.63) is 34.3 Å². The van der Waals surface area contributed by atoms with Gasteiger partial charge >= 0.3 is 0 Å². The lowest BCUT2D eigenvalue weighted by atomic mass is 10.2. The van der Waals surface area contributed by atoms with Crippen LogP contribution in [0.3, 0.4) is 0 Å². The highest BCUT2D eigenvalue weighted by atomic mass is 79.9. The van der Waals surface area contributed by atoms with Crippen LogP contribution in [0.25, 0.3) is 0 Å². The lowest BCUT2D eigenvalue weighted by Crippen LogP contribution is -2.27. The third kappa shape index (κ3) is 6.20. The summed E-state index contributed by atoms with van der Waals surface area (Å²) in [5, 5.41) is 3.48. The van der Waals surface area contributed by atoms with E-state index < -0.39 is 0 Å². The van der Waals surface area contributed by atoms with E-state index in [1.165, 1.54) is 18.5 Å². The van der Waals surface area contributed by atoms with Gasteiger partial charge in [0.25, 0.3) is 0 Å². The van der Waals surface area contributed by atoms with Gasteiger partial charge in [-0.25, -0.2) is 0 Å². The lowest BCUT2D eigenvalue weighted by Gasteiger charge is -2.17. The van der Waals surface area contributed by atoms with Crippen LogP contribution in [-0.4, -0.2) is 31.1 Å². The predicted molar refractivity (Wildman–Crippen MR) is 78.3 cm³/mol. The highest BCUT2D eigenvalue weighted by Crippen LogP contribution is 2.11. The number of hydrogen-bond donors (Lipinski definition) is 1. The van der Waals surface area contributed by atoms with Gasteiger partial charge in [0.1, 0.15) is 0 Å². The summed E-state index contributed by atoms with van der Waals surface area (Å²) in [5.74, 6) is 0. The molecule has 0 aliphatic carbocycles. The summed E-state index contributed by atoms with van der Waals surface area (Å²) >= 11 is 3.49. The van der Waals surface area contributed by atoms with E-state index in [0.29, 0.717) is 0 Å². The van der Waals surface area contributed by atoms with Crippen LogP contribution >= 0.6 is 15.9 Å². The van der Waals surface area contributed by atoms with Crippen LogP contribution in [0.2, 0.25) is 0 Å². The minimum absolute atomic E-state index is 0.956. The standard InChI is InChI=1S/C14H23BrN2/c1-3-17(4-2)10-6-9-16-12-13-7-5-8-14(15)11-13/h5,7-8,11,16H,3-4,6,9-10,12H2,1-2H3. The summed E-state index contributed by atoms with van der Waals surface area (Å²) < 4.78 is 1.15. The van der Waals surface area contributed by atoms with Gasteiger partial charge < -0.3 is 10.2 Å². The second kappa shape index (κ2) is 8.67. The minimum atomic E-state index is 0.956. The smallest absolute Gasteiger partial charge is 0.0205 e. The molecule has 0 bridgehead atoms. The third-order valence-corrected chi connectivity index (χ3v) is 3.43. The average molecular weight is 299 g/mol. The molecule has 0 aliphatic rings. The molecule has 0 radical (unpaired) electrons. The second-order valence-electron chi connectivity index (χ2n) is 4.19. The molecule has 2 nitrogen and oxygen atoms in total. The number of halogens is 1. The van der Waals surface area contributed by atoms with Gasteiger partial charge in [0.2, 0.25) is 0 Å². The lowest BCUT2D eigenvalue weighted by molar-refractivity contribution is 0.298. The van der Waals surface area contributed by atoms with Crippen LogP contribution in [0.4, 0.5) is 0 Å². The van der Waals surface area contributed by atoms with Gasteiger partial charge in [-0.05, 0) is 50.3 Å². The molecule has 0 spiro atoms. The van der Waals surface area contributed by atoms with E-state index in [4.69, 9.17) is 0 Å². The first-order valence-electron chi connectivity index (χ1n) is 6.43. The van der Waals surface area contributed by atoms with Crippen molar-refractivity contribution >= 4 is 15.9 Å². The Balaban J connectivity index is 2.12. The summed E-state index contributed by atoms with van der Waals surface area (Å²) in [5.41, 5.74) is 1.34. The van der Waals surface area contributed by atoms with Gasteiger partial charge in [-0.1, -0.05) is 41.9 Å². The monoisotopic (exact) mass is 298 g/mol. The van der Waals surface area contributed by atoms with Crippen molar-refractivity contribution in [1.82, 2.24) is 10.2 Å². The maximum atomic E-state index is 3.49. The van der Waals surface area contributed by atoms with Crippen LogP contribution in [0.1, 0.15) is 25.8 Å². The summed E-state index contributed by atoms with van der Waals surface area (Å²) in [6, 6.07) is 8.46. The molecule has 0 unspecified atom stereocenters. The zero-order chi connectivity index (χ0) is 12.5. The van der Waals surface area contributed by atoms with Crippen molar-refractivity contribution in [3.63, 3.8) is 0 Å². The Hall–Kier alpha value is -0.380. The first-order valence-corrected chi connectivity index (χ1v) is 7.23. The first kappa shape index (κ1) is 14.7. The van der Waals surface area contributed by atoms with Crippen molar-refractivity contribution in [3.8, 4) is 0 Å². The molecule has 0 saturated heterocycles. The van der Waals surface area contributed by atoms with Crippen LogP contribution in [0.5, 0.6) is 0 Å². The molecule has 0 atom stereocenters. The molecule has 0 aliphatic heterocycles. The number of benzene rings is 1. The summed E-state index contributed by atoms with van der Waals surface area (Å²) in [6.45, 7) is 9.99. The van der Waals surface area contributed by atoms with E-state index in [0.717, 1.165) is 30.7 Å². The van der Waals surface area contributed by atoms with Crippen molar-refractivity contribution in [2.75, 3.05) is 26.2 Å². The van der Waals surface area contributed by atoms with E-state index in [1.54, 1.807) is 0 Å². The van der Waals surface area contributed by atoms with Gasteiger partial charge in [0.05, 0.1) is 0 Å². The molecule has 1 aromatic rings. The molecule has 1 aromatic carbocycles. The van der Waals surface area contributed by atoms with Gasteiger partial charge in [-0.3, -0.25) is 0 Å². The Morgan fingerprint density at radius 3 is 2.65 bits per heavy atom. The maximum absolute atomic E-state index is 3.49. The molecular weight excluding hydrogens is 276 g/mol. The number of nitrogens with one attached hydrogen (secondary N) is 1. The molecule has 0 amide bonds. The van der Waals surface area contributed by atoms with Crippen molar-refractivity contribution < 1.29 is 0 Å². The normalized spacial score (nSPS) is 11.1. The van der Waals surface area contributed by atoms with Crippen LogP contribution in [-0.2, 0) is 6.54 Å². The Morgan fingerprint density at radius 1 is 1.24 bits per heavy atom. The predicted octanol–water partition coefficient (Wildman–Crippen LogP) is 3.27. The Bertz CT molecular complexity index is 311. The van der Waals surface area contributed by atoms with Gasteiger partial charge in [0, 0.05) is 11.0 Å². The zero-order valence-corrected chi connectivity index (χ0v) is 12.5. The fourth-order valence-corrected chi connectivity index (χ4v) is 2.29. The highest BCUT2D eigenvalue weighted by Gasteiger charge is 1.98. The number of hydrogen-bond acceptors (Lipinski definition) is 2. The number of rotatable bonds is 8. The van der Waals surface area contributed by atoms with E-state index in [9.17, 15) is 0 Å². The third-order valence-electron chi connectivity index (χ3n) is 2.94. The quantitative estimate of drug-likeness (QED) is 0.741. The maximum Gasteiger partial charge on any atom is 0.0205 e. The molecule has 0 aromatic heterocycles. The van der Waals surface area contributed by atoms with Crippen LogP contribution in [0.15, 0.2) is 28.7 Å². The summed E-state index contributed by atoms with van der Waals surface area (Å²) in [4.78, 5) is 2.46. The summed E-state index contributed by atoms with van der Waals surface area (Å²) in [7, 11) is 0. The van der Waals surface area contributed by atoms with Crippen LogP contribution < -0.4 is 5.32 Å². The Labute approximate surface area is 114 Å². The molecule has 0 fully saturated rings. The Morgan fingerprint density at radius 2 is 2.00 bits per heavy atom. The minimum Gasteiger partial charge on any atom is -0.313 e. The van der Waals surface area contributed by atoms with E-state index >= 15 is 0 Å². The van der Waals surface area contributed by atoms with Crippen LogP contribution in [0, 0.1) is 0 Å². The molecule has 1 N–H and O–H groups in total. The van der Waals surface area contributed by atoms with E-state index in [-0.39, 0.29) is 0 Å². The molecule has 3 heteroatoms. The second-order valence-corrected chi connectivity index (χ2v) is 5.10. The molecule has 17 heavy (non-hydrogen) atoms. The molecule has 0 heterocycles.